The van der Waals surface area contributed by atoms with Gasteiger partial charge in [0.05, 0.1) is 5.56 Å². The predicted octanol–water partition coefficient (Wildman–Crippen LogP) is 3.36. The van der Waals surface area contributed by atoms with Crippen molar-refractivity contribution in [3.05, 3.63) is 58.3 Å². The van der Waals surface area contributed by atoms with Crippen LogP contribution in [0.15, 0.2) is 30.3 Å². The van der Waals surface area contributed by atoms with E-state index < -0.39 is 0 Å². The van der Waals surface area contributed by atoms with Gasteiger partial charge in [-0.25, -0.2) is 4.98 Å². The van der Waals surface area contributed by atoms with Gasteiger partial charge in [0, 0.05) is 37.4 Å². The topological polar surface area (TPSA) is 60.2 Å². The number of aryl methyl sites for hydroxylation is 1. The van der Waals surface area contributed by atoms with Crippen molar-refractivity contribution in [1.29, 1.82) is 5.26 Å². The van der Waals surface area contributed by atoms with Crippen LogP contribution in [-0.4, -0.2) is 42.0 Å². The Labute approximate surface area is 166 Å². The second kappa shape index (κ2) is 8.02. The SMILES string of the molecule is CCc1nc(N2CCN(C(=O)c3ccccc3)CC2)c(C#N)c2c1CCCC2. The Balaban J connectivity index is 1.56. The van der Waals surface area contributed by atoms with E-state index in [-0.39, 0.29) is 5.91 Å². The number of aromatic nitrogens is 1. The van der Waals surface area contributed by atoms with Gasteiger partial charge in [-0.1, -0.05) is 25.1 Å². The Hall–Kier alpha value is -2.87. The Morgan fingerprint density at radius 3 is 2.39 bits per heavy atom. The van der Waals surface area contributed by atoms with Crippen molar-refractivity contribution in [2.45, 2.75) is 39.0 Å². The van der Waals surface area contributed by atoms with Crippen LogP contribution in [-0.2, 0) is 19.3 Å². The molecular weight excluding hydrogens is 348 g/mol. The highest BCUT2D eigenvalue weighted by Crippen LogP contribution is 2.32. The molecule has 1 aliphatic heterocycles. The van der Waals surface area contributed by atoms with E-state index in [0.717, 1.165) is 48.3 Å². The smallest absolute Gasteiger partial charge is 0.253 e. The Bertz CT molecular complexity index is 908. The highest BCUT2D eigenvalue weighted by molar-refractivity contribution is 5.94. The Morgan fingerprint density at radius 2 is 1.75 bits per heavy atom. The van der Waals surface area contributed by atoms with Crippen molar-refractivity contribution in [2.75, 3.05) is 31.1 Å². The third kappa shape index (κ3) is 3.35. The summed E-state index contributed by atoms with van der Waals surface area (Å²) in [7, 11) is 0. The maximum Gasteiger partial charge on any atom is 0.253 e. The number of rotatable bonds is 3. The van der Waals surface area contributed by atoms with Gasteiger partial charge in [-0.05, 0) is 55.4 Å². The minimum Gasteiger partial charge on any atom is -0.352 e. The lowest BCUT2D eigenvalue weighted by atomic mass is 9.87. The van der Waals surface area contributed by atoms with Gasteiger partial charge >= 0.3 is 0 Å². The summed E-state index contributed by atoms with van der Waals surface area (Å²) in [4.78, 5) is 21.7. The van der Waals surface area contributed by atoms with Crippen molar-refractivity contribution in [2.24, 2.45) is 0 Å². The lowest BCUT2D eigenvalue weighted by Gasteiger charge is -2.36. The molecule has 2 aliphatic rings. The van der Waals surface area contributed by atoms with Crippen LogP contribution in [0.2, 0.25) is 0 Å². The van der Waals surface area contributed by atoms with Crippen LogP contribution in [0.5, 0.6) is 0 Å². The third-order valence-electron chi connectivity index (χ3n) is 5.92. The highest BCUT2D eigenvalue weighted by Gasteiger charge is 2.28. The second-order valence-corrected chi connectivity index (χ2v) is 7.53. The van der Waals surface area contributed by atoms with Gasteiger partial charge in [-0.15, -0.1) is 0 Å². The molecule has 0 radical (unpaired) electrons. The Morgan fingerprint density at radius 1 is 1.07 bits per heavy atom. The summed E-state index contributed by atoms with van der Waals surface area (Å²) < 4.78 is 0. The second-order valence-electron chi connectivity index (χ2n) is 7.53. The normalized spacial score (nSPS) is 16.4. The van der Waals surface area contributed by atoms with E-state index in [9.17, 15) is 10.1 Å². The molecule has 144 valence electrons. The van der Waals surface area contributed by atoms with Gasteiger partial charge in [-0.2, -0.15) is 5.26 Å². The first-order chi connectivity index (χ1) is 13.7. The summed E-state index contributed by atoms with van der Waals surface area (Å²) in [5.74, 6) is 0.903. The predicted molar refractivity (Wildman–Crippen MR) is 110 cm³/mol. The standard InChI is InChI=1S/C23H26N4O/c1-2-21-19-11-7-6-10-18(19)20(16-24)22(25-21)26-12-14-27(15-13-26)23(28)17-8-4-3-5-9-17/h3-5,8-9H,2,6-7,10-15H2,1H3. The van der Waals surface area contributed by atoms with Crippen LogP contribution in [0, 0.1) is 11.3 Å². The molecule has 4 rings (SSSR count). The molecule has 1 amide bonds. The van der Waals surface area contributed by atoms with E-state index >= 15 is 0 Å². The number of carbonyl (C=O) groups is 1. The van der Waals surface area contributed by atoms with Gasteiger partial charge in [-0.3, -0.25) is 4.79 Å². The molecule has 28 heavy (non-hydrogen) atoms. The summed E-state index contributed by atoms with van der Waals surface area (Å²) in [5.41, 5.74) is 5.17. The first-order valence-electron chi connectivity index (χ1n) is 10.3. The van der Waals surface area contributed by atoms with E-state index in [1.54, 1.807) is 0 Å². The van der Waals surface area contributed by atoms with Crippen molar-refractivity contribution in [1.82, 2.24) is 9.88 Å². The molecule has 1 aliphatic carbocycles. The van der Waals surface area contributed by atoms with Crippen molar-refractivity contribution >= 4 is 11.7 Å². The molecule has 1 saturated heterocycles. The minimum atomic E-state index is 0.0772. The molecule has 0 unspecified atom stereocenters. The summed E-state index contributed by atoms with van der Waals surface area (Å²) in [6.07, 6.45) is 5.25. The third-order valence-corrected chi connectivity index (χ3v) is 5.92. The van der Waals surface area contributed by atoms with Crippen LogP contribution in [0.1, 0.15) is 52.5 Å². The van der Waals surface area contributed by atoms with Gasteiger partial charge < -0.3 is 9.80 Å². The molecule has 1 fully saturated rings. The minimum absolute atomic E-state index is 0.0772. The number of nitrogens with zero attached hydrogens (tertiary/aromatic N) is 4. The number of anilines is 1. The number of nitriles is 1. The van der Waals surface area contributed by atoms with Crippen LogP contribution in [0.4, 0.5) is 5.82 Å². The average molecular weight is 374 g/mol. The molecule has 2 aromatic rings. The molecular formula is C23H26N4O. The first-order valence-corrected chi connectivity index (χ1v) is 10.3. The van der Waals surface area contributed by atoms with Gasteiger partial charge in [0.1, 0.15) is 11.9 Å². The summed E-state index contributed by atoms with van der Waals surface area (Å²) in [5, 5.41) is 9.88. The number of piperazine rings is 1. The number of hydrogen-bond donors (Lipinski definition) is 0. The zero-order valence-electron chi connectivity index (χ0n) is 16.4. The Kier molecular flexibility index (Phi) is 5.29. The summed E-state index contributed by atoms with van der Waals surface area (Å²) >= 11 is 0. The lowest BCUT2D eigenvalue weighted by molar-refractivity contribution is 0.0746. The highest BCUT2D eigenvalue weighted by atomic mass is 16.2. The number of hydrogen-bond acceptors (Lipinski definition) is 4. The van der Waals surface area contributed by atoms with E-state index in [1.165, 1.54) is 17.5 Å². The fourth-order valence-electron chi connectivity index (χ4n) is 4.41. The molecule has 0 spiro atoms. The van der Waals surface area contributed by atoms with Crippen molar-refractivity contribution in [3.8, 4) is 6.07 Å². The molecule has 0 atom stereocenters. The number of pyridine rings is 1. The number of carbonyl (C=O) groups excluding carboxylic acids is 1. The monoisotopic (exact) mass is 374 g/mol. The maximum atomic E-state index is 12.7. The quantitative estimate of drug-likeness (QED) is 0.827. The molecule has 1 aromatic heterocycles. The number of amides is 1. The van der Waals surface area contributed by atoms with Crippen LogP contribution >= 0.6 is 0 Å². The molecule has 0 N–H and O–H groups in total. The maximum absolute atomic E-state index is 12.7. The fraction of sp³-hybridized carbons (Fsp3) is 0.435. The van der Waals surface area contributed by atoms with Crippen LogP contribution in [0.25, 0.3) is 0 Å². The lowest BCUT2D eigenvalue weighted by Crippen LogP contribution is -2.49. The average Bonchev–Trinajstić information content (AvgIpc) is 2.78. The summed E-state index contributed by atoms with van der Waals surface area (Å²) in [6.45, 7) is 4.87. The molecule has 5 nitrogen and oxygen atoms in total. The largest absolute Gasteiger partial charge is 0.352 e. The number of fused-ring (bicyclic) bond motifs is 1. The summed E-state index contributed by atoms with van der Waals surface area (Å²) in [6, 6.07) is 11.9. The van der Waals surface area contributed by atoms with Crippen LogP contribution in [0.3, 0.4) is 0 Å². The fourth-order valence-corrected chi connectivity index (χ4v) is 4.41. The molecule has 5 heteroatoms. The van der Waals surface area contributed by atoms with Gasteiger partial charge in [0.2, 0.25) is 0 Å². The van der Waals surface area contributed by atoms with E-state index in [1.807, 2.05) is 35.2 Å². The molecule has 1 aromatic carbocycles. The zero-order chi connectivity index (χ0) is 19.5. The number of benzene rings is 1. The van der Waals surface area contributed by atoms with Gasteiger partial charge in [0.25, 0.3) is 5.91 Å². The molecule has 0 bridgehead atoms. The zero-order valence-corrected chi connectivity index (χ0v) is 16.4. The van der Waals surface area contributed by atoms with Crippen LogP contribution < -0.4 is 4.90 Å². The van der Waals surface area contributed by atoms with Crippen molar-refractivity contribution < 1.29 is 4.79 Å². The molecule has 2 heterocycles. The van der Waals surface area contributed by atoms with Gasteiger partial charge in [0.15, 0.2) is 0 Å². The van der Waals surface area contributed by atoms with E-state index in [2.05, 4.69) is 17.9 Å². The van der Waals surface area contributed by atoms with Crippen molar-refractivity contribution in [3.63, 3.8) is 0 Å². The van der Waals surface area contributed by atoms with E-state index in [0.29, 0.717) is 26.2 Å². The first kappa shape index (κ1) is 18.5. The molecule has 0 saturated carbocycles. The van der Waals surface area contributed by atoms with E-state index in [4.69, 9.17) is 4.98 Å².